The molecule has 1 aliphatic heterocycles. The standard InChI is InChI=1S/C19H16Cl2N2O4/c1-9(2)8-23-18(26)12-4-3-10(5-13(12)19(23)27)17(25)22-11-6-14(20)16(24)15(21)7-11/h3-7,9,24H,8H2,1-2H3,(H,22,25). The van der Waals surface area contributed by atoms with E-state index in [1.54, 1.807) is 0 Å². The molecule has 0 bridgehead atoms. The molecule has 27 heavy (non-hydrogen) atoms. The van der Waals surface area contributed by atoms with Gasteiger partial charge in [0.05, 0.1) is 21.2 Å². The fraction of sp³-hybridized carbons (Fsp3) is 0.211. The molecule has 6 nitrogen and oxygen atoms in total. The number of carbonyl (C=O) groups excluding carboxylic acids is 3. The van der Waals surface area contributed by atoms with Crippen LogP contribution in [0.4, 0.5) is 5.69 Å². The van der Waals surface area contributed by atoms with Crippen LogP contribution in [0.1, 0.15) is 44.9 Å². The minimum atomic E-state index is -0.502. The van der Waals surface area contributed by atoms with Gasteiger partial charge in [-0.3, -0.25) is 19.3 Å². The SMILES string of the molecule is CC(C)CN1C(=O)c2ccc(C(=O)Nc3cc(Cl)c(O)c(Cl)c3)cc2C1=O. The predicted octanol–water partition coefficient (Wildman–Crippen LogP) is 4.20. The van der Waals surface area contributed by atoms with Crippen molar-refractivity contribution in [1.29, 1.82) is 0 Å². The molecule has 0 radical (unpaired) electrons. The molecule has 1 heterocycles. The number of benzene rings is 2. The number of phenols is 1. The van der Waals surface area contributed by atoms with Crippen molar-refractivity contribution >= 4 is 46.6 Å². The fourth-order valence-corrected chi connectivity index (χ4v) is 3.29. The van der Waals surface area contributed by atoms with E-state index in [1.807, 2.05) is 13.8 Å². The molecule has 0 atom stereocenters. The normalized spacial score (nSPS) is 13.3. The van der Waals surface area contributed by atoms with Crippen LogP contribution in [0.3, 0.4) is 0 Å². The van der Waals surface area contributed by atoms with Gasteiger partial charge >= 0.3 is 0 Å². The number of hydrogen-bond donors (Lipinski definition) is 2. The van der Waals surface area contributed by atoms with Crippen LogP contribution in [0.25, 0.3) is 0 Å². The van der Waals surface area contributed by atoms with Crippen molar-refractivity contribution < 1.29 is 19.5 Å². The molecule has 0 unspecified atom stereocenters. The first-order valence-electron chi connectivity index (χ1n) is 8.18. The maximum absolute atomic E-state index is 12.5. The summed E-state index contributed by atoms with van der Waals surface area (Å²) in [6, 6.07) is 7.05. The van der Waals surface area contributed by atoms with Crippen LogP contribution in [0.5, 0.6) is 5.75 Å². The summed E-state index contributed by atoms with van der Waals surface area (Å²) in [7, 11) is 0. The number of imide groups is 1. The summed E-state index contributed by atoms with van der Waals surface area (Å²) in [5.41, 5.74) is 0.988. The molecule has 2 N–H and O–H groups in total. The van der Waals surface area contributed by atoms with Gasteiger partial charge in [-0.25, -0.2) is 0 Å². The topological polar surface area (TPSA) is 86.7 Å². The Hall–Kier alpha value is -2.57. The van der Waals surface area contributed by atoms with Gasteiger partial charge in [-0.15, -0.1) is 0 Å². The number of carbonyl (C=O) groups is 3. The highest BCUT2D eigenvalue weighted by atomic mass is 35.5. The van der Waals surface area contributed by atoms with Gasteiger partial charge in [0.25, 0.3) is 17.7 Å². The van der Waals surface area contributed by atoms with Gasteiger partial charge in [-0.05, 0) is 36.2 Å². The van der Waals surface area contributed by atoms with Gasteiger partial charge in [-0.2, -0.15) is 0 Å². The highest BCUT2D eigenvalue weighted by Crippen LogP contribution is 2.35. The van der Waals surface area contributed by atoms with Gasteiger partial charge in [0.2, 0.25) is 0 Å². The lowest BCUT2D eigenvalue weighted by atomic mass is 10.1. The molecule has 1 aliphatic rings. The zero-order valence-corrected chi connectivity index (χ0v) is 16.1. The number of rotatable bonds is 4. The Labute approximate surface area is 165 Å². The molecule has 0 spiro atoms. The van der Waals surface area contributed by atoms with Crippen LogP contribution < -0.4 is 5.32 Å². The number of nitrogens with zero attached hydrogens (tertiary/aromatic N) is 1. The van der Waals surface area contributed by atoms with Crippen LogP contribution in [-0.2, 0) is 0 Å². The van der Waals surface area contributed by atoms with Gasteiger partial charge in [0.1, 0.15) is 0 Å². The molecule has 3 rings (SSSR count). The molecule has 0 aliphatic carbocycles. The Balaban J connectivity index is 1.86. The van der Waals surface area contributed by atoms with E-state index in [1.165, 1.54) is 35.2 Å². The van der Waals surface area contributed by atoms with Crippen molar-refractivity contribution in [2.75, 3.05) is 11.9 Å². The summed E-state index contributed by atoms with van der Waals surface area (Å²) in [5, 5.41) is 12.2. The van der Waals surface area contributed by atoms with Crippen LogP contribution in [-0.4, -0.2) is 34.3 Å². The van der Waals surface area contributed by atoms with Gasteiger partial charge in [-0.1, -0.05) is 37.0 Å². The minimum Gasteiger partial charge on any atom is -0.505 e. The van der Waals surface area contributed by atoms with E-state index in [0.717, 1.165) is 0 Å². The molecule has 0 aromatic heterocycles. The number of nitrogens with one attached hydrogen (secondary N) is 1. The second-order valence-corrected chi connectivity index (χ2v) is 7.43. The Morgan fingerprint density at radius 1 is 1.07 bits per heavy atom. The van der Waals surface area contributed by atoms with E-state index in [0.29, 0.717) is 6.54 Å². The Bertz CT molecular complexity index is 949. The second kappa shape index (κ2) is 7.21. The molecule has 0 fully saturated rings. The van der Waals surface area contributed by atoms with Gasteiger partial charge < -0.3 is 10.4 Å². The fourth-order valence-electron chi connectivity index (χ4n) is 2.80. The molecule has 140 valence electrons. The van der Waals surface area contributed by atoms with Gasteiger partial charge in [0.15, 0.2) is 5.75 Å². The number of fused-ring (bicyclic) bond motifs is 1. The maximum Gasteiger partial charge on any atom is 0.261 e. The summed E-state index contributed by atoms with van der Waals surface area (Å²) in [6.07, 6.45) is 0. The molecule has 2 aromatic carbocycles. The smallest absolute Gasteiger partial charge is 0.261 e. The molecular formula is C19H16Cl2N2O4. The van der Waals surface area contributed by atoms with E-state index in [-0.39, 0.29) is 50.0 Å². The average Bonchev–Trinajstić information content (AvgIpc) is 2.83. The zero-order valence-electron chi connectivity index (χ0n) is 14.5. The number of aromatic hydroxyl groups is 1. The number of halogens is 2. The summed E-state index contributed by atoms with van der Waals surface area (Å²) in [5.74, 6) is -1.40. The first kappa shape index (κ1) is 19.2. The van der Waals surface area contributed by atoms with Crippen LogP contribution >= 0.6 is 23.2 Å². The Morgan fingerprint density at radius 3 is 2.26 bits per heavy atom. The van der Waals surface area contributed by atoms with Crippen molar-refractivity contribution in [2.45, 2.75) is 13.8 Å². The lowest BCUT2D eigenvalue weighted by molar-refractivity contribution is 0.0636. The predicted molar refractivity (Wildman–Crippen MR) is 103 cm³/mol. The third-order valence-corrected chi connectivity index (χ3v) is 4.63. The molecule has 3 amide bonds. The molecule has 0 saturated heterocycles. The van der Waals surface area contributed by atoms with Crippen molar-refractivity contribution in [3.8, 4) is 5.75 Å². The zero-order chi connectivity index (χ0) is 19.9. The van der Waals surface area contributed by atoms with Crippen molar-refractivity contribution in [3.63, 3.8) is 0 Å². The van der Waals surface area contributed by atoms with Crippen LogP contribution in [0.15, 0.2) is 30.3 Å². The Morgan fingerprint density at radius 2 is 1.67 bits per heavy atom. The van der Waals surface area contributed by atoms with Crippen molar-refractivity contribution in [2.24, 2.45) is 5.92 Å². The molecule has 0 saturated carbocycles. The number of phenolic OH excluding ortho intramolecular Hbond substituents is 1. The van der Waals surface area contributed by atoms with Crippen molar-refractivity contribution in [3.05, 3.63) is 57.1 Å². The van der Waals surface area contributed by atoms with Gasteiger partial charge in [0, 0.05) is 17.8 Å². The number of hydrogen-bond acceptors (Lipinski definition) is 4. The van der Waals surface area contributed by atoms with Crippen LogP contribution in [0.2, 0.25) is 10.0 Å². The summed E-state index contributed by atoms with van der Waals surface area (Å²) in [6.45, 7) is 4.14. The van der Waals surface area contributed by atoms with E-state index >= 15 is 0 Å². The lowest BCUT2D eigenvalue weighted by Crippen LogP contribution is -2.33. The first-order valence-corrected chi connectivity index (χ1v) is 8.94. The number of anilines is 1. The van der Waals surface area contributed by atoms with Crippen molar-refractivity contribution in [1.82, 2.24) is 4.90 Å². The largest absolute Gasteiger partial charge is 0.505 e. The summed E-state index contributed by atoms with van der Waals surface area (Å²) >= 11 is 11.7. The monoisotopic (exact) mass is 406 g/mol. The molecular weight excluding hydrogens is 391 g/mol. The lowest BCUT2D eigenvalue weighted by Gasteiger charge is -2.15. The minimum absolute atomic E-state index is 0.00291. The van der Waals surface area contributed by atoms with Crippen LogP contribution in [0, 0.1) is 5.92 Å². The summed E-state index contributed by atoms with van der Waals surface area (Å²) in [4.78, 5) is 38.6. The van der Waals surface area contributed by atoms with E-state index in [2.05, 4.69) is 5.32 Å². The number of amides is 3. The highest BCUT2D eigenvalue weighted by Gasteiger charge is 2.36. The maximum atomic E-state index is 12.5. The first-order chi connectivity index (χ1) is 12.7. The van der Waals surface area contributed by atoms with E-state index < -0.39 is 11.8 Å². The molecule has 2 aromatic rings. The van der Waals surface area contributed by atoms with E-state index in [4.69, 9.17) is 23.2 Å². The third-order valence-electron chi connectivity index (χ3n) is 4.06. The second-order valence-electron chi connectivity index (χ2n) is 6.62. The molecule has 8 heteroatoms. The summed E-state index contributed by atoms with van der Waals surface area (Å²) < 4.78 is 0. The average molecular weight is 407 g/mol. The third kappa shape index (κ3) is 3.63. The van der Waals surface area contributed by atoms with E-state index in [9.17, 15) is 19.5 Å². The highest BCUT2D eigenvalue weighted by molar-refractivity contribution is 6.37. The Kier molecular flexibility index (Phi) is 5.13. The quantitative estimate of drug-likeness (QED) is 0.588.